The lowest BCUT2D eigenvalue weighted by molar-refractivity contribution is 0.191. The van der Waals surface area contributed by atoms with Gasteiger partial charge >= 0.3 is 0 Å². The highest BCUT2D eigenvalue weighted by Crippen LogP contribution is 2.35. The van der Waals surface area contributed by atoms with Crippen LogP contribution < -0.4 is 5.32 Å². The summed E-state index contributed by atoms with van der Waals surface area (Å²) in [6.07, 6.45) is 9.74. The zero-order chi connectivity index (χ0) is 16.1. The van der Waals surface area contributed by atoms with Crippen molar-refractivity contribution in [3.05, 3.63) is 0 Å². The van der Waals surface area contributed by atoms with Crippen molar-refractivity contribution < 1.29 is 0 Å². The molecule has 3 rings (SSSR count). The lowest BCUT2D eigenvalue weighted by Crippen LogP contribution is -2.41. The summed E-state index contributed by atoms with van der Waals surface area (Å²) in [5, 5.41) is 3.62. The summed E-state index contributed by atoms with van der Waals surface area (Å²) in [4.78, 5) is 9.69. The van der Waals surface area contributed by atoms with Crippen LogP contribution in [0.25, 0.3) is 0 Å². The van der Waals surface area contributed by atoms with E-state index < -0.39 is 0 Å². The monoisotopic (exact) mass is 320 g/mol. The van der Waals surface area contributed by atoms with Crippen molar-refractivity contribution in [1.29, 1.82) is 0 Å². The summed E-state index contributed by atoms with van der Waals surface area (Å²) in [6.45, 7) is 9.74. The first-order valence-electron chi connectivity index (χ1n) is 9.94. The molecule has 132 valence electrons. The molecule has 23 heavy (non-hydrogen) atoms. The number of guanidine groups is 1. The molecule has 0 bridgehead atoms. The first-order chi connectivity index (χ1) is 11.3. The van der Waals surface area contributed by atoms with Crippen LogP contribution in [0.15, 0.2) is 4.99 Å². The molecule has 0 amide bonds. The minimum atomic E-state index is 0.928. The van der Waals surface area contributed by atoms with Gasteiger partial charge in [-0.1, -0.05) is 19.8 Å². The van der Waals surface area contributed by atoms with E-state index in [1.807, 2.05) is 7.05 Å². The topological polar surface area (TPSA) is 30.9 Å². The van der Waals surface area contributed by atoms with E-state index in [4.69, 9.17) is 0 Å². The van der Waals surface area contributed by atoms with Crippen molar-refractivity contribution in [3.8, 4) is 0 Å². The van der Waals surface area contributed by atoms with E-state index in [0.29, 0.717) is 0 Å². The van der Waals surface area contributed by atoms with E-state index >= 15 is 0 Å². The Hall–Kier alpha value is -0.770. The fraction of sp³-hybridized carbons (Fsp3) is 0.947. The summed E-state index contributed by atoms with van der Waals surface area (Å²) in [7, 11) is 1.94. The minimum Gasteiger partial charge on any atom is -0.356 e. The largest absolute Gasteiger partial charge is 0.356 e. The average Bonchev–Trinajstić information content (AvgIpc) is 3.00. The number of rotatable bonds is 4. The molecule has 0 aromatic carbocycles. The quantitative estimate of drug-likeness (QED) is 0.491. The molecule has 3 fully saturated rings. The van der Waals surface area contributed by atoms with Gasteiger partial charge in [0.15, 0.2) is 5.96 Å². The zero-order valence-electron chi connectivity index (χ0n) is 15.3. The van der Waals surface area contributed by atoms with Crippen LogP contribution in [0.4, 0.5) is 0 Å². The van der Waals surface area contributed by atoms with Gasteiger partial charge in [-0.15, -0.1) is 0 Å². The molecule has 3 aliphatic rings. The molecule has 4 nitrogen and oxygen atoms in total. The van der Waals surface area contributed by atoms with Gasteiger partial charge < -0.3 is 15.1 Å². The highest BCUT2D eigenvalue weighted by Gasteiger charge is 2.35. The van der Waals surface area contributed by atoms with Crippen molar-refractivity contribution >= 4 is 5.96 Å². The van der Waals surface area contributed by atoms with Crippen molar-refractivity contribution in [3.63, 3.8) is 0 Å². The molecular weight excluding hydrogens is 284 g/mol. The third-order valence-corrected chi connectivity index (χ3v) is 6.30. The third-order valence-electron chi connectivity index (χ3n) is 6.30. The second-order valence-corrected chi connectivity index (χ2v) is 8.06. The minimum absolute atomic E-state index is 0.928. The van der Waals surface area contributed by atoms with Gasteiger partial charge in [-0.05, 0) is 69.5 Å². The van der Waals surface area contributed by atoms with Gasteiger partial charge in [0.2, 0.25) is 0 Å². The van der Waals surface area contributed by atoms with Gasteiger partial charge in [0.25, 0.3) is 0 Å². The molecule has 1 aliphatic carbocycles. The Morgan fingerprint density at radius 3 is 2.30 bits per heavy atom. The fourth-order valence-corrected chi connectivity index (χ4v) is 4.70. The van der Waals surface area contributed by atoms with Crippen LogP contribution in [0.1, 0.15) is 51.9 Å². The fourth-order valence-electron chi connectivity index (χ4n) is 4.70. The van der Waals surface area contributed by atoms with E-state index in [-0.39, 0.29) is 0 Å². The molecule has 1 saturated carbocycles. The number of hydrogen-bond acceptors (Lipinski definition) is 2. The SMILES string of the molecule is CN=C(NCCCN1CCC(C)CC1)N1CC2CCCCC2C1. The smallest absolute Gasteiger partial charge is 0.193 e. The predicted octanol–water partition coefficient (Wildman–Crippen LogP) is 2.81. The summed E-state index contributed by atoms with van der Waals surface area (Å²) in [5.41, 5.74) is 0. The number of hydrogen-bond donors (Lipinski definition) is 1. The van der Waals surface area contributed by atoms with Gasteiger partial charge in [-0.25, -0.2) is 0 Å². The molecule has 1 N–H and O–H groups in total. The van der Waals surface area contributed by atoms with E-state index in [1.54, 1.807) is 0 Å². The third kappa shape index (κ3) is 4.62. The van der Waals surface area contributed by atoms with E-state index in [1.165, 1.54) is 77.7 Å². The van der Waals surface area contributed by atoms with Crippen LogP contribution in [0.5, 0.6) is 0 Å². The van der Waals surface area contributed by atoms with Crippen molar-refractivity contribution in [2.75, 3.05) is 46.3 Å². The van der Waals surface area contributed by atoms with Crippen LogP contribution >= 0.6 is 0 Å². The Morgan fingerprint density at radius 1 is 1.04 bits per heavy atom. The molecule has 0 aromatic rings. The number of aliphatic imine (C=N–C) groups is 1. The Balaban J connectivity index is 1.35. The summed E-state index contributed by atoms with van der Waals surface area (Å²) in [6, 6.07) is 0. The predicted molar refractivity (Wildman–Crippen MR) is 97.8 cm³/mol. The standard InChI is InChI=1S/C19H36N4/c1-16-8-12-22(13-9-16)11-5-10-21-19(20-2)23-14-17-6-3-4-7-18(17)15-23/h16-18H,3-15H2,1-2H3,(H,20,21). The van der Waals surface area contributed by atoms with Crippen LogP contribution in [-0.4, -0.2) is 62.1 Å². The molecule has 2 heterocycles. The van der Waals surface area contributed by atoms with E-state index in [2.05, 4.69) is 27.0 Å². The molecule has 2 unspecified atom stereocenters. The molecule has 2 aliphatic heterocycles. The number of nitrogens with zero attached hydrogens (tertiary/aromatic N) is 3. The number of likely N-dealkylation sites (tertiary alicyclic amines) is 2. The van der Waals surface area contributed by atoms with Gasteiger partial charge in [0, 0.05) is 26.7 Å². The molecule has 2 saturated heterocycles. The first kappa shape index (κ1) is 17.1. The molecule has 0 spiro atoms. The van der Waals surface area contributed by atoms with Crippen molar-refractivity contribution in [1.82, 2.24) is 15.1 Å². The lowest BCUT2D eigenvalue weighted by atomic mass is 9.82. The number of nitrogens with one attached hydrogen (secondary N) is 1. The van der Waals surface area contributed by atoms with Crippen LogP contribution in [0.3, 0.4) is 0 Å². The number of piperidine rings is 1. The molecule has 0 aromatic heterocycles. The van der Waals surface area contributed by atoms with Crippen LogP contribution in [-0.2, 0) is 0 Å². The number of fused-ring (bicyclic) bond motifs is 1. The Morgan fingerprint density at radius 2 is 1.70 bits per heavy atom. The molecule has 0 radical (unpaired) electrons. The van der Waals surface area contributed by atoms with Gasteiger partial charge in [-0.2, -0.15) is 0 Å². The molecule has 4 heteroatoms. The first-order valence-corrected chi connectivity index (χ1v) is 9.94. The second kappa shape index (κ2) is 8.36. The average molecular weight is 321 g/mol. The maximum absolute atomic E-state index is 4.54. The van der Waals surface area contributed by atoms with E-state index in [0.717, 1.165) is 30.3 Å². The molecular formula is C19H36N4. The van der Waals surface area contributed by atoms with Crippen LogP contribution in [0.2, 0.25) is 0 Å². The lowest BCUT2D eigenvalue weighted by Gasteiger charge is -2.30. The van der Waals surface area contributed by atoms with E-state index in [9.17, 15) is 0 Å². The van der Waals surface area contributed by atoms with Crippen molar-refractivity contribution in [2.45, 2.75) is 51.9 Å². The summed E-state index contributed by atoms with van der Waals surface area (Å²) in [5.74, 6) is 3.93. The van der Waals surface area contributed by atoms with Gasteiger partial charge in [0.05, 0.1) is 0 Å². The Labute approximate surface area is 142 Å². The van der Waals surface area contributed by atoms with Crippen molar-refractivity contribution in [2.24, 2.45) is 22.7 Å². The van der Waals surface area contributed by atoms with Gasteiger partial charge in [0.1, 0.15) is 0 Å². The maximum Gasteiger partial charge on any atom is 0.193 e. The highest BCUT2D eigenvalue weighted by atomic mass is 15.3. The molecule has 2 atom stereocenters. The Bertz CT molecular complexity index is 373. The normalized spacial score (nSPS) is 30.5. The second-order valence-electron chi connectivity index (χ2n) is 8.06. The van der Waals surface area contributed by atoms with Crippen LogP contribution in [0, 0.1) is 17.8 Å². The summed E-state index contributed by atoms with van der Waals surface area (Å²) < 4.78 is 0. The van der Waals surface area contributed by atoms with Gasteiger partial charge in [-0.3, -0.25) is 4.99 Å². The summed E-state index contributed by atoms with van der Waals surface area (Å²) >= 11 is 0. The maximum atomic E-state index is 4.54. The zero-order valence-corrected chi connectivity index (χ0v) is 15.3. The Kier molecular flexibility index (Phi) is 6.21. The highest BCUT2D eigenvalue weighted by molar-refractivity contribution is 5.80.